The third-order valence-electron chi connectivity index (χ3n) is 3.95. The van der Waals surface area contributed by atoms with Crippen molar-refractivity contribution in [1.82, 2.24) is 20.1 Å². The molecule has 8 nitrogen and oxygen atoms in total. The van der Waals surface area contributed by atoms with E-state index in [2.05, 4.69) is 20.3 Å². The Balaban J connectivity index is 1.45. The molecule has 0 saturated carbocycles. The van der Waals surface area contributed by atoms with Gasteiger partial charge < -0.3 is 15.0 Å². The zero-order valence-corrected chi connectivity index (χ0v) is 13.9. The van der Waals surface area contributed by atoms with Gasteiger partial charge in [0.05, 0.1) is 24.6 Å². The molecule has 0 unspecified atom stereocenters. The van der Waals surface area contributed by atoms with Gasteiger partial charge in [-0.3, -0.25) is 14.6 Å². The Morgan fingerprint density at radius 2 is 2.12 bits per heavy atom. The number of hydrogen-bond acceptors (Lipinski definition) is 6. The topological polar surface area (TPSA) is 89.4 Å². The third kappa shape index (κ3) is 4.79. The maximum atomic E-state index is 12.1. The number of carbonyl (C=O) groups excluding carboxylic acids is 1. The van der Waals surface area contributed by atoms with Gasteiger partial charge in [0.1, 0.15) is 18.9 Å². The van der Waals surface area contributed by atoms with E-state index in [4.69, 9.17) is 4.74 Å². The summed E-state index contributed by atoms with van der Waals surface area (Å²) in [6, 6.07) is 5.11. The second-order valence-corrected chi connectivity index (χ2v) is 5.79. The van der Waals surface area contributed by atoms with E-state index in [9.17, 15) is 9.59 Å². The predicted molar refractivity (Wildman–Crippen MR) is 92.7 cm³/mol. The monoisotopic (exact) mass is 343 g/mol. The van der Waals surface area contributed by atoms with Crippen LogP contribution in [-0.2, 0) is 11.3 Å². The second kappa shape index (κ2) is 8.27. The van der Waals surface area contributed by atoms with Crippen molar-refractivity contribution in [3.63, 3.8) is 0 Å². The van der Waals surface area contributed by atoms with E-state index in [0.29, 0.717) is 18.9 Å². The van der Waals surface area contributed by atoms with Gasteiger partial charge in [0.25, 0.3) is 5.56 Å². The fraction of sp³-hybridized carbons (Fsp3) is 0.412. The van der Waals surface area contributed by atoms with E-state index in [0.717, 1.165) is 36.3 Å². The number of pyridine rings is 1. The van der Waals surface area contributed by atoms with Crippen LogP contribution in [0.4, 0.5) is 5.69 Å². The molecular weight excluding hydrogens is 322 g/mol. The Morgan fingerprint density at radius 3 is 2.84 bits per heavy atom. The molecule has 0 radical (unpaired) electrons. The average Bonchev–Trinajstić information content (AvgIpc) is 3.16. The first-order valence-corrected chi connectivity index (χ1v) is 8.34. The number of aromatic nitrogens is 3. The number of anilines is 1. The number of hydrogen-bond donors (Lipinski definition) is 1. The Bertz CT molecular complexity index is 756. The van der Waals surface area contributed by atoms with Crippen LogP contribution in [0, 0.1) is 0 Å². The molecule has 3 rings (SSSR count). The fourth-order valence-corrected chi connectivity index (χ4v) is 2.67. The Kier molecular flexibility index (Phi) is 5.61. The van der Waals surface area contributed by atoms with Gasteiger partial charge in [-0.05, 0) is 25.0 Å². The van der Waals surface area contributed by atoms with E-state index in [-0.39, 0.29) is 18.0 Å². The maximum absolute atomic E-state index is 12.1. The summed E-state index contributed by atoms with van der Waals surface area (Å²) in [7, 11) is 0. The molecule has 1 amide bonds. The minimum atomic E-state index is -0.279. The third-order valence-corrected chi connectivity index (χ3v) is 3.95. The van der Waals surface area contributed by atoms with Crippen molar-refractivity contribution >= 4 is 11.6 Å². The molecule has 0 bridgehead atoms. The van der Waals surface area contributed by atoms with Crippen LogP contribution in [-0.4, -0.2) is 46.9 Å². The summed E-state index contributed by atoms with van der Waals surface area (Å²) in [5, 5.41) is 6.80. The quantitative estimate of drug-likeness (QED) is 0.734. The summed E-state index contributed by atoms with van der Waals surface area (Å²) in [6.07, 6.45) is 7.17. The summed E-state index contributed by atoms with van der Waals surface area (Å²) < 4.78 is 6.60. The molecule has 2 aromatic rings. The number of rotatable bonds is 7. The molecule has 1 N–H and O–H groups in total. The highest BCUT2D eigenvalue weighted by Crippen LogP contribution is 2.16. The molecule has 1 aliphatic rings. The summed E-state index contributed by atoms with van der Waals surface area (Å²) in [6.45, 7) is 2.46. The summed E-state index contributed by atoms with van der Waals surface area (Å²) in [5.74, 6) is 0.366. The van der Waals surface area contributed by atoms with Crippen molar-refractivity contribution in [2.75, 3.05) is 31.1 Å². The Hall–Kier alpha value is -2.90. The molecule has 132 valence electrons. The first kappa shape index (κ1) is 16.9. The smallest absolute Gasteiger partial charge is 0.269 e. The number of carbonyl (C=O) groups is 1. The number of ether oxygens (including phenoxy) is 1. The molecule has 0 aliphatic carbocycles. The van der Waals surface area contributed by atoms with Crippen LogP contribution in [0.1, 0.15) is 12.8 Å². The van der Waals surface area contributed by atoms with Gasteiger partial charge >= 0.3 is 0 Å². The number of nitrogens with zero attached hydrogens (tertiary/aromatic N) is 4. The van der Waals surface area contributed by atoms with Gasteiger partial charge in [0.15, 0.2) is 0 Å². The highest BCUT2D eigenvalue weighted by atomic mass is 16.5. The standard InChI is InChI=1S/C17H21N5O3/c23-16(19-6-9-25-15-4-3-5-18-12-15)13-22-17(24)10-14(11-20-22)21-7-1-2-8-21/h3-5,10-12H,1-2,6-9,13H2,(H,19,23). The normalized spacial score (nSPS) is 13.7. The zero-order valence-electron chi connectivity index (χ0n) is 13.9. The van der Waals surface area contributed by atoms with Crippen LogP contribution in [0.3, 0.4) is 0 Å². The largest absolute Gasteiger partial charge is 0.490 e. The molecule has 0 aromatic carbocycles. The van der Waals surface area contributed by atoms with E-state index >= 15 is 0 Å². The van der Waals surface area contributed by atoms with Crippen LogP contribution in [0.2, 0.25) is 0 Å². The molecule has 1 saturated heterocycles. The van der Waals surface area contributed by atoms with Gasteiger partial charge in [-0.25, -0.2) is 4.68 Å². The van der Waals surface area contributed by atoms with Crippen LogP contribution in [0.15, 0.2) is 41.6 Å². The lowest BCUT2D eigenvalue weighted by atomic mass is 10.4. The van der Waals surface area contributed by atoms with Crippen LogP contribution in [0.5, 0.6) is 5.75 Å². The molecule has 8 heteroatoms. The van der Waals surface area contributed by atoms with E-state index in [1.807, 2.05) is 0 Å². The SMILES string of the molecule is O=C(Cn1ncc(N2CCCC2)cc1=O)NCCOc1cccnc1. The summed E-state index contributed by atoms with van der Waals surface area (Å²) in [4.78, 5) is 30.1. The van der Waals surface area contributed by atoms with Crippen LogP contribution < -0.4 is 20.5 Å². The molecule has 25 heavy (non-hydrogen) atoms. The van der Waals surface area contributed by atoms with Crippen molar-refractivity contribution in [1.29, 1.82) is 0 Å². The van der Waals surface area contributed by atoms with Crippen LogP contribution >= 0.6 is 0 Å². The lowest BCUT2D eigenvalue weighted by Gasteiger charge is -2.17. The Labute approximate surface area is 145 Å². The number of nitrogens with one attached hydrogen (secondary N) is 1. The first-order valence-electron chi connectivity index (χ1n) is 8.34. The fourth-order valence-electron chi connectivity index (χ4n) is 2.67. The van der Waals surface area contributed by atoms with Crippen molar-refractivity contribution in [2.45, 2.75) is 19.4 Å². The molecule has 2 aromatic heterocycles. The van der Waals surface area contributed by atoms with Gasteiger partial charge in [0.2, 0.25) is 5.91 Å². The van der Waals surface area contributed by atoms with Gasteiger partial charge in [-0.2, -0.15) is 5.10 Å². The van der Waals surface area contributed by atoms with Gasteiger partial charge in [-0.15, -0.1) is 0 Å². The Morgan fingerprint density at radius 1 is 1.28 bits per heavy atom. The molecule has 0 spiro atoms. The highest BCUT2D eigenvalue weighted by molar-refractivity contribution is 5.75. The average molecular weight is 343 g/mol. The molecule has 1 fully saturated rings. The maximum Gasteiger partial charge on any atom is 0.269 e. The lowest BCUT2D eigenvalue weighted by molar-refractivity contribution is -0.122. The second-order valence-electron chi connectivity index (χ2n) is 5.79. The lowest BCUT2D eigenvalue weighted by Crippen LogP contribution is -2.35. The number of amides is 1. The van der Waals surface area contributed by atoms with E-state index < -0.39 is 0 Å². The first-order chi connectivity index (χ1) is 12.2. The van der Waals surface area contributed by atoms with Crippen molar-refractivity contribution < 1.29 is 9.53 Å². The molecule has 3 heterocycles. The molecule has 0 atom stereocenters. The van der Waals surface area contributed by atoms with E-state index in [1.165, 1.54) is 6.07 Å². The summed E-state index contributed by atoms with van der Waals surface area (Å²) >= 11 is 0. The predicted octanol–water partition coefficient (Wildman–Crippen LogP) is 0.434. The molecular formula is C17H21N5O3. The minimum absolute atomic E-state index is 0.105. The van der Waals surface area contributed by atoms with Crippen molar-refractivity contribution in [3.8, 4) is 5.75 Å². The highest BCUT2D eigenvalue weighted by Gasteiger charge is 2.14. The van der Waals surface area contributed by atoms with Crippen LogP contribution in [0.25, 0.3) is 0 Å². The van der Waals surface area contributed by atoms with Crippen molar-refractivity contribution in [3.05, 3.63) is 47.1 Å². The molecule has 1 aliphatic heterocycles. The summed E-state index contributed by atoms with van der Waals surface area (Å²) in [5.41, 5.74) is 0.551. The van der Waals surface area contributed by atoms with E-state index in [1.54, 1.807) is 30.7 Å². The zero-order chi connectivity index (χ0) is 17.5. The minimum Gasteiger partial charge on any atom is -0.490 e. The van der Waals surface area contributed by atoms with Gasteiger partial charge in [-0.1, -0.05) is 0 Å². The van der Waals surface area contributed by atoms with Crippen molar-refractivity contribution in [2.24, 2.45) is 0 Å². The van der Waals surface area contributed by atoms with Gasteiger partial charge in [0, 0.05) is 25.4 Å².